The molecule has 2 aromatic rings. The van der Waals surface area contributed by atoms with E-state index in [1.54, 1.807) is 0 Å². The summed E-state index contributed by atoms with van der Waals surface area (Å²) in [4.78, 5) is 2.18. The Balaban J connectivity index is 1.86. The maximum Gasteiger partial charge on any atom is 0.142 e. The standard InChI is InChI=1S/C21H31N3O4/c1-16-17(13-22-23(16)2)14-24-10-9-19(25)20(26)15-27-11-5-6-12-28-21-8-4-3-7-18(21)24/h3-4,7-8,13,19-20,25-26H,5-6,9-12,14-15H2,1-2H3/t19-,20+/m0/s1. The van der Waals surface area contributed by atoms with Crippen molar-refractivity contribution in [1.29, 1.82) is 0 Å². The SMILES string of the molecule is Cc1c(CN2CC[C@H](O)[C@H](O)COCCCCOc3ccccc32)cnn1C. The summed E-state index contributed by atoms with van der Waals surface area (Å²) in [7, 11) is 1.93. The molecule has 2 N–H and O–H groups in total. The first kappa shape index (κ1) is 20.6. The van der Waals surface area contributed by atoms with Gasteiger partial charge in [0.25, 0.3) is 0 Å². The van der Waals surface area contributed by atoms with Crippen molar-refractivity contribution in [2.75, 3.05) is 31.3 Å². The number of benzene rings is 1. The molecule has 0 amide bonds. The van der Waals surface area contributed by atoms with Gasteiger partial charge in [0.15, 0.2) is 0 Å². The van der Waals surface area contributed by atoms with Gasteiger partial charge in [0.1, 0.15) is 11.9 Å². The zero-order chi connectivity index (χ0) is 19.9. The molecule has 1 aliphatic rings. The van der Waals surface area contributed by atoms with Crippen molar-refractivity contribution >= 4 is 5.69 Å². The Morgan fingerprint density at radius 3 is 2.71 bits per heavy atom. The van der Waals surface area contributed by atoms with Gasteiger partial charge < -0.3 is 24.6 Å². The van der Waals surface area contributed by atoms with Gasteiger partial charge in [0, 0.05) is 38.0 Å². The van der Waals surface area contributed by atoms with Crippen LogP contribution in [0.15, 0.2) is 30.5 Å². The number of fused-ring (bicyclic) bond motifs is 1. The Kier molecular flexibility index (Phi) is 7.30. The van der Waals surface area contributed by atoms with Gasteiger partial charge in [-0.15, -0.1) is 0 Å². The van der Waals surface area contributed by atoms with Crippen LogP contribution in [-0.2, 0) is 18.3 Å². The van der Waals surface area contributed by atoms with Crippen LogP contribution in [0.1, 0.15) is 30.5 Å². The van der Waals surface area contributed by atoms with E-state index in [2.05, 4.69) is 10.00 Å². The molecule has 0 spiro atoms. The lowest BCUT2D eigenvalue weighted by molar-refractivity contribution is -0.0405. The number of aryl methyl sites for hydroxylation is 1. The first-order valence-electron chi connectivity index (χ1n) is 9.94. The Morgan fingerprint density at radius 1 is 1.14 bits per heavy atom. The van der Waals surface area contributed by atoms with E-state index < -0.39 is 12.2 Å². The minimum atomic E-state index is -0.878. The summed E-state index contributed by atoms with van der Waals surface area (Å²) in [6, 6.07) is 7.98. The zero-order valence-electron chi connectivity index (χ0n) is 16.8. The highest BCUT2D eigenvalue weighted by atomic mass is 16.5. The summed E-state index contributed by atoms with van der Waals surface area (Å²) < 4.78 is 13.4. The molecule has 2 heterocycles. The fraction of sp³-hybridized carbons (Fsp3) is 0.571. The summed E-state index contributed by atoms with van der Waals surface area (Å²) in [5, 5.41) is 24.9. The fourth-order valence-electron chi connectivity index (χ4n) is 3.31. The third-order valence-corrected chi connectivity index (χ3v) is 5.27. The van der Waals surface area contributed by atoms with Gasteiger partial charge in [-0.25, -0.2) is 0 Å². The van der Waals surface area contributed by atoms with E-state index in [4.69, 9.17) is 9.47 Å². The van der Waals surface area contributed by atoms with Gasteiger partial charge >= 0.3 is 0 Å². The molecular weight excluding hydrogens is 358 g/mol. The van der Waals surface area contributed by atoms with E-state index in [0.29, 0.717) is 32.7 Å². The van der Waals surface area contributed by atoms with Gasteiger partial charge in [-0.3, -0.25) is 4.68 Å². The molecule has 0 radical (unpaired) electrons. The molecule has 1 aromatic carbocycles. The third-order valence-electron chi connectivity index (χ3n) is 5.27. The molecular formula is C21H31N3O4. The lowest BCUT2D eigenvalue weighted by Gasteiger charge is -2.29. The number of rotatable bonds is 2. The zero-order valence-corrected chi connectivity index (χ0v) is 16.8. The summed E-state index contributed by atoms with van der Waals surface area (Å²) in [5.74, 6) is 0.831. The number of aliphatic hydroxyl groups is 2. The summed E-state index contributed by atoms with van der Waals surface area (Å²) >= 11 is 0. The third kappa shape index (κ3) is 5.25. The summed E-state index contributed by atoms with van der Waals surface area (Å²) in [6.07, 6.45) is 2.31. The molecule has 1 aliphatic heterocycles. The van der Waals surface area contributed by atoms with Gasteiger partial charge in [0.05, 0.1) is 31.2 Å². The maximum absolute atomic E-state index is 10.4. The topological polar surface area (TPSA) is 80.0 Å². The van der Waals surface area contributed by atoms with E-state index in [1.807, 2.05) is 49.1 Å². The average Bonchev–Trinajstić information content (AvgIpc) is 3.01. The molecule has 0 saturated carbocycles. The molecule has 7 nitrogen and oxygen atoms in total. The van der Waals surface area contributed by atoms with Crippen molar-refractivity contribution in [2.45, 2.75) is 44.9 Å². The van der Waals surface area contributed by atoms with Crippen molar-refractivity contribution in [3.63, 3.8) is 0 Å². The first-order valence-corrected chi connectivity index (χ1v) is 9.94. The summed E-state index contributed by atoms with van der Waals surface area (Å²) in [5.41, 5.74) is 3.21. The number of para-hydroxylation sites is 2. The molecule has 0 fully saturated rings. The second kappa shape index (κ2) is 9.91. The van der Waals surface area contributed by atoms with E-state index >= 15 is 0 Å². The van der Waals surface area contributed by atoms with Crippen LogP contribution >= 0.6 is 0 Å². The molecule has 2 atom stereocenters. The fourth-order valence-corrected chi connectivity index (χ4v) is 3.31. The van der Waals surface area contributed by atoms with Crippen LogP contribution in [0.2, 0.25) is 0 Å². The van der Waals surface area contributed by atoms with Crippen LogP contribution in [0.4, 0.5) is 5.69 Å². The normalized spacial score (nSPS) is 22.2. The smallest absolute Gasteiger partial charge is 0.142 e. The van der Waals surface area contributed by atoms with Crippen LogP contribution in [0.5, 0.6) is 5.75 Å². The van der Waals surface area contributed by atoms with E-state index in [0.717, 1.165) is 35.5 Å². The molecule has 7 heteroatoms. The van der Waals surface area contributed by atoms with Crippen LogP contribution in [-0.4, -0.2) is 58.6 Å². The minimum Gasteiger partial charge on any atom is -0.491 e. The number of aliphatic hydroxyl groups excluding tert-OH is 2. The van der Waals surface area contributed by atoms with Crippen LogP contribution in [0.3, 0.4) is 0 Å². The highest BCUT2D eigenvalue weighted by Gasteiger charge is 2.21. The van der Waals surface area contributed by atoms with Gasteiger partial charge in [0.2, 0.25) is 0 Å². The Hall–Kier alpha value is -2.09. The van der Waals surface area contributed by atoms with Crippen LogP contribution < -0.4 is 9.64 Å². The van der Waals surface area contributed by atoms with Crippen molar-refractivity contribution in [3.8, 4) is 5.75 Å². The minimum absolute atomic E-state index is 0.153. The molecule has 154 valence electrons. The molecule has 0 bridgehead atoms. The van der Waals surface area contributed by atoms with E-state index in [1.165, 1.54) is 0 Å². The summed E-state index contributed by atoms with van der Waals surface area (Å²) in [6.45, 7) is 4.60. The molecule has 3 rings (SSSR count). The average molecular weight is 389 g/mol. The number of hydrogen-bond acceptors (Lipinski definition) is 6. The van der Waals surface area contributed by atoms with Crippen molar-refractivity contribution in [3.05, 3.63) is 41.7 Å². The Labute approximate surface area is 166 Å². The maximum atomic E-state index is 10.4. The van der Waals surface area contributed by atoms with Gasteiger partial charge in [-0.05, 0) is 38.3 Å². The van der Waals surface area contributed by atoms with Crippen LogP contribution in [0, 0.1) is 6.92 Å². The second-order valence-electron chi connectivity index (χ2n) is 7.32. The monoisotopic (exact) mass is 389 g/mol. The largest absolute Gasteiger partial charge is 0.491 e. The number of anilines is 1. The van der Waals surface area contributed by atoms with E-state index in [9.17, 15) is 10.2 Å². The Morgan fingerprint density at radius 2 is 1.93 bits per heavy atom. The lowest BCUT2D eigenvalue weighted by atomic mass is 10.1. The molecule has 0 aliphatic carbocycles. The number of aromatic nitrogens is 2. The van der Waals surface area contributed by atoms with E-state index in [-0.39, 0.29) is 6.61 Å². The quantitative estimate of drug-likeness (QED) is 0.818. The van der Waals surface area contributed by atoms with Crippen molar-refractivity contribution in [2.24, 2.45) is 7.05 Å². The molecule has 0 unspecified atom stereocenters. The highest BCUT2D eigenvalue weighted by Crippen LogP contribution is 2.30. The van der Waals surface area contributed by atoms with Crippen LogP contribution in [0.25, 0.3) is 0 Å². The number of nitrogens with zero attached hydrogens (tertiary/aromatic N) is 3. The molecule has 0 saturated heterocycles. The number of ether oxygens (including phenoxy) is 2. The molecule has 1 aromatic heterocycles. The Bertz CT molecular complexity index is 749. The lowest BCUT2D eigenvalue weighted by Crippen LogP contribution is -2.35. The van der Waals surface area contributed by atoms with Gasteiger partial charge in [-0.1, -0.05) is 12.1 Å². The van der Waals surface area contributed by atoms with Crippen molar-refractivity contribution < 1.29 is 19.7 Å². The second-order valence-corrected chi connectivity index (χ2v) is 7.32. The highest BCUT2D eigenvalue weighted by molar-refractivity contribution is 5.58. The predicted molar refractivity (Wildman–Crippen MR) is 108 cm³/mol. The number of hydrogen-bond donors (Lipinski definition) is 2. The van der Waals surface area contributed by atoms with Crippen molar-refractivity contribution in [1.82, 2.24) is 9.78 Å². The predicted octanol–water partition coefficient (Wildman–Crippen LogP) is 2.04. The van der Waals surface area contributed by atoms with Gasteiger partial charge in [-0.2, -0.15) is 5.10 Å². The first-order chi connectivity index (χ1) is 13.6. The molecule has 28 heavy (non-hydrogen) atoms.